The number of carbonyl (C=O) groups is 2. The Bertz CT molecular complexity index is 485. The predicted molar refractivity (Wildman–Crippen MR) is 73.7 cm³/mol. The third-order valence-corrected chi connectivity index (χ3v) is 2.55. The molecule has 6 heteroatoms. The van der Waals surface area contributed by atoms with Gasteiger partial charge >= 0.3 is 0 Å². The van der Waals surface area contributed by atoms with Gasteiger partial charge in [0.2, 0.25) is 11.5 Å². The highest BCUT2D eigenvalue weighted by Gasteiger charge is 2.21. The molecule has 1 N–H and O–H groups in total. The predicted octanol–water partition coefficient (Wildman–Crippen LogP) is 1.42. The summed E-state index contributed by atoms with van der Waals surface area (Å²) in [5.41, 5.74) is 0.178. The second kappa shape index (κ2) is 6.79. The Morgan fingerprint density at radius 2 is 1.50 bits per heavy atom. The van der Waals surface area contributed by atoms with Crippen LogP contribution in [0.4, 0.5) is 0 Å². The van der Waals surface area contributed by atoms with Gasteiger partial charge in [0, 0.05) is 11.6 Å². The van der Waals surface area contributed by atoms with E-state index < -0.39 is 11.7 Å². The Kier molecular flexibility index (Phi) is 5.37. The molecule has 6 nitrogen and oxygen atoms in total. The van der Waals surface area contributed by atoms with E-state index in [1.807, 2.05) is 0 Å². The number of ketones is 1. The summed E-state index contributed by atoms with van der Waals surface area (Å²) in [6.07, 6.45) is 0. The van der Waals surface area contributed by atoms with Crippen LogP contribution in [0.3, 0.4) is 0 Å². The van der Waals surface area contributed by atoms with Crippen molar-refractivity contribution in [3.05, 3.63) is 17.7 Å². The van der Waals surface area contributed by atoms with Crippen LogP contribution in [0.15, 0.2) is 12.1 Å². The molecule has 20 heavy (non-hydrogen) atoms. The Hall–Kier alpha value is -2.24. The SMILES string of the molecule is COc1cc(C(=O)C(=O)NC(C)C)cc(OC)c1OC. The van der Waals surface area contributed by atoms with Gasteiger partial charge in [-0.2, -0.15) is 0 Å². The van der Waals surface area contributed by atoms with Crippen LogP contribution in [0.1, 0.15) is 24.2 Å². The standard InChI is InChI=1S/C14H19NO5/c1-8(2)15-14(17)12(16)9-6-10(18-3)13(20-5)11(7-9)19-4/h6-8H,1-5H3,(H,15,17). The van der Waals surface area contributed by atoms with E-state index in [0.29, 0.717) is 17.2 Å². The molecular formula is C14H19NO5. The number of amides is 1. The molecular weight excluding hydrogens is 262 g/mol. The molecule has 110 valence electrons. The van der Waals surface area contributed by atoms with Crippen LogP contribution < -0.4 is 19.5 Å². The maximum atomic E-state index is 12.1. The second-order valence-electron chi connectivity index (χ2n) is 4.37. The summed E-state index contributed by atoms with van der Waals surface area (Å²) in [4.78, 5) is 23.8. The molecule has 0 fully saturated rings. The minimum atomic E-state index is -0.672. The summed E-state index contributed by atoms with van der Waals surface area (Å²) in [7, 11) is 4.35. The highest BCUT2D eigenvalue weighted by Crippen LogP contribution is 2.38. The van der Waals surface area contributed by atoms with Crippen LogP contribution >= 0.6 is 0 Å². The van der Waals surface area contributed by atoms with Crippen LogP contribution in [0.25, 0.3) is 0 Å². The van der Waals surface area contributed by atoms with Crippen molar-refractivity contribution in [2.24, 2.45) is 0 Å². The number of rotatable bonds is 6. The van der Waals surface area contributed by atoms with E-state index >= 15 is 0 Å². The summed E-state index contributed by atoms with van der Waals surface area (Å²) < 4.78 is 15.4. The van der Waals surface area contributed by atoms with Crippen molar-refractivity contribution < 1.29 is 23.8 Å². The number of benzene rings is 1. The Balaban J connectivity index is 3.19. The van der Waals surface area contributed by atoms with Crippen molar-refractivity contribution in [3.8, 4) is 17.2 Å². The monoisotopic (exact) mass is 281 g/mol. The average molecular weight is 281 g/mol. The Morgan fingerprint density at radius 3 is 1.85 bits per heavy atom. The highest BCUT2D eigenvalue weighted by molar-refractivity contribution is 6.43. The fraction of sp³-hybridized carbons (Fsp3) is 0.429. The van der Waals surface area contributed by atoms with Crippen LogP contribution in [0.2, 0.25) is 0 Å². The van der Waals surface area contributed by atoms with E-state index in [1.165, 1.54) is 33.5 Å². The molecule has 0 aliphatic rings. The van der Waals surface area contributed by atoms with E-state index in [1.54, 1.807) is 13.8 Å². The maximum absolute atomic E-state index is 12.1. The molecule has 0 unspecified atom stereocenters. The molecule has 0 saturated carbocycles. The second-order valence-corrected chi connectivity index (χ2v) is 4.37. The first-order chi connectivity index (χ1) is 9.44. The molecule has 1 amide bonds. The maximum Gasteiger partial charge on any atom is 0.292 e. The summed E-state index contributed by atoms with van der Waals surface area (Å²) in [5, 5.41) is 2.54. The minimum Gasteiger partial charge on any atom is -0.493 e. The topological polar surface area (TPSA) is 73.9 Å². The Morgan fingerprint density at radius 1 is 1.00 bits per heavy atom. The van der Waals surface area contributed by atoms with Gasteiger partial charge in [-0.3, -0.25) is 9.59 Å². The van der Waals surface area contributed by atoms with Crippen LogP contribution in [0.5, 0.6) is 17.2 Å². The highest BCUT2D eigenvalue weighted by atomic mass is 16.5. The lowest BCUT2D eigenvalue weighted by atomic mass is 10.1. The molecule has 1 rings (SSSR count). The third kappa shape index (κ3) is 3.40. The van der Waals surface area contributed by atoms with Gasteiger partial charge in [-0.25, -0.2) is 0 Å². The molecule has 0 radical (unpaired) electrons. The van der Waals surface area contributed by atoms with E-state index in [2.05, 4.69) is 5.32 Å². The van der Waals surface area contributed by atoms with E-state index in [-0.39, 0.29) is 11.6 Å². The van der Waals surface area contributed by atoms with Crippen molar-refractivity contribution in [3.63, 3.8) is 0 Å². The van der Waals surface area contributed by atoms with E-state index in [4.69, 9.17) is 14.2 Å². The molecule has 0 aliphatic carbocycles. The van der Waals surface area contributed by atoms with Gasteiger partial charge in [0.1, 0.15) is 0 Å². The molecule has 1 aromatic carbocycles. The van der Waals surface area contributed by atoms with Crippen molar-refractivity contribution >= 4 is 11.7 Å². The first-order valence-corrected chi connectivity index (χ1v) is 6.09. The third-order valence-electron chi connectivity index (χ3n) is 2.55. The smallest absolute Gasteiger partial charge is 0.292 e. The lowest BCUT2D eigenvalue weighted by molar-refractivity contribution is -0.117. The molecule has 0 aliphatic heterocycles. The fourth-order valence-corrected chi connectivity index (χ4v) is 1.67. The number of hydrogen-bond donors (Lipinski definition) is 1. The minimum absolute atomic E-state index is 0.117. The van der Waals surface area contributed by atoms with Crippen molar-refractivity contribution in [1.82, 2.24) is 5.32 Å². The van der Waals surface area contributed by atoms with Gasteiger partial charge < -0.3 is 19.5 Å². The number of ether oxygens (including phenoxy) is 3. The van der Waals surface area contributed by atoms with Gasteiger partial charge in [0.05, 0.1) is 21.3 Å². The molecule has 0 saturated heterocycles. The lowest BCUT2D eigenvalue weighted by Crippen LogP contribution is -2.35. The molecule has 0 atom stereocenters. The molecule has 0 heterocycles. The number of carbonyl (C=O) groups excluding carboxylic acids is 2. The van der Waals surface area contributed by atoms with Crippen LogP contribution in [0, 0.1) is 0 Å². The molecule has 0 aromatic heterocycles. The first-order valence-electron chi connectivity index (χ1n) is 6.09. The fourth-order valence-electron chi connectivity index (χ4n) is 1.67. The molecule has 0 spiro atoms. The summed E-state index contributed by atoms with van der Waals surface area (Å²) in [5.74, 6) is -0.303. The summed E-state index contributed by atoms with van der Waals surface area (Å²) in [6.45, 7) is 3.56. The first kappa shape index (κ1) is 15.8. The Labute approximate surface area is 118 Å². The summed E-state index contributed by atoms with van der Waals surface area (Å²) >= 11 is 0. The van der Waals surface area contributed by atoms with Gasteiger partial charge in [-0.15, -0.1) is 0 Å². The van der Waals surface area contributed by atoms with Gasteiger partial charge in [0.25, 0.3) is 5.91 Å². The quantitative estimate of drug-likeness (QED) is 0.630. The number of nitrogens with one attached hydrogen (secondary N) is 1. The van der Waals surface area contributed by atoms with Crippen molar-refractivity contribution in [2.45, 2.75) is 19.9 Å². The van der Waals surface area contributed by atoms with Crippen LogP contribution in [-0.4, -0.2) is 39.1 Å². The lowest BCUT2D eigenvalue weighted by Gasteiger charge is -2.14. The normalized spacial score (nSPS) is 10.1. The largest absolute Gasteiger partial charge is 0.493 e. The van der Waals surface area contributed by atoms with E-state index in [9.17, 15) is 9.59 Å². The van der Waals surface area contributed by atoms with Gasteiger partial charge in [-0.05, 0) is 26.0 Å². The zero-order chi connectivity index (χ0) is 15.3. The van der Waals surface area contributed by atoms with Crippen molar-refractivity contribution in [2.75, 3.05) is 21.3 Å². The zero-order valence-electron chi connectivity index (χ0n) is 12.3. The van der Waals surface area contributed by atoms with Crippen molar-refractivity contribution in [1.29, 1.82) is 0 Å². The number of methoxy groups -OCH3 is 3. The zero-order valence-corrected chi connectivity index (χ0v) is 12.3. The molecule has 0 bridgehead atoms. The van der Waals surface area contributed by atoms with Gasteiger partial charge in [0.15, 0.2) is 11.5 Å². The van der Waals surface area contributed by atoms with E-state index in [0.717, 1.165) is 0 Å². The summed E-state index contributed by atoms with van der Waals surface area (Å²) in [6, 6.07) is 2.78. The van der Waals surface area contributed by atoms with Crippen LogP contribution in [-0.2, 0) is 4.79 Å². The molecule has 1 aromatic rings. The number of Topliss-reactive ketones (excluding diaryl/α,β-unsaturated/α-hetero) is 1. The van der Waals surface area contributed by atoms with Gasteiger partial charge in [-0.1, -0.05) is 0 Å². The number of hydrogen-bond acceptors (Lipinski definition) is 5. The average Bonchev–Trinajstić information content (AvgIpc) is 2.43.